The van der Waals surface area contributed by atoms with Crippen LogP contribution in [0.25, 0.3) is 0 Å². The summed E-state index contributed by atoms with van der Waals surface area (Å²) in [5.41, 5.74) is 0. The Morgan fingerprint density at radius 2 is 1.02 bits per heavy atom. The van der Waals surface area contributed by atoms with E-state index < -0.39 is 32.5 Å². The van der Waals surface area contributed by atoms with Crippen molar-refractivity contribution in [2.45, 2.75) is 174 Å². The van der Waals surface area contributed by atoms with Gasteiger partial charge >= 0.3 is 11.9 Å². The number of allylic oxidation sites excluding steroid dienone is 12. The molecule has 0 saturated heterocycles. The third kappa shape index (κ3) is 43.0. The van der Waals surface area contributed by atoms with Gasteiger partial charge in [-0.05, 0) is 70.6 Å². The molecule has 0 spiro atoms. The zero-order valence-electron chi connectivity index (χ0n) is 37.5. The highest BCUT2D eigenvalue weighted by atomic mass is 31.2. The number of carbonyl (C=O) groups excluding carboxylic acids is 2. The van der Waals surface area contributed by atoms with Crippen LogP contribution in [0.3, 0.4) is 0 Å². The fourth-order valence-electron chi connectivity index (χ4n) is 5.70. The Balaban J connectivity index is 4.45. The van der Waals surface area contributed by atoms with Crippen LogP contribution < -0.4 is 4.89 Å². The smallest absolute Gasteiger partial charge is 0.306 e. The molecule has 0 radical (unpaired) electrons. The van der Waals surface area contributed by atoms with E-state index in [1.807, 2.05) is 27.2 Å². The average Bonchev–Trinajstić information content (AvgIpc) is 3.17. The summed E-state index contributed by atoms with van der Waals surface area (Å²) in [6.45, 7) is 4.02. The van der Waals surface area contributed by atoms with Crippen LogP contribution in [-0.4, -0.2) is 70.0 Å². The maximum atomic E-state index is 12.7. The van der Waals surface area contributed by atoms with Crippen LogP contribution in [0, 0.1) is 0 Å². The van der Waals surface area contributed by atoms with Crippen molar-refractivity contribution < 1.29 is 42.1 Å². The van der Waals surface area contributed by atoms with Gasteiger partial charge in [0.15, 0.2) is 6.10 Å². The summed E-state index contributed by atoms with van der Waals surface area (Å²) in [5, 5.41) is 0. The van der Waals surface area contributed by atoms with Gasteiger partial charge in [-0.15, -0.1) is 0 Å². The van der Waals surface area contributed by atoms with Crippen molar-refractivity contribution in [2.24, 2.45) is 0 Å². The molecule has 0 fully saturated rings. The van der Waals surface area contributed by atoms with E-state index in [1.165, 1.54) is 64.2 Å². The Bertz CT molecular complexity index is 1220. The molecule has 0 bridgehead atoms. The summed E-state index contributed by atoms with van der Waals surface area (Å²) in [4.78, 5) is 37.5. The van der Waals surface area contributed by atoms with Crippen molar-refractivity contribution in [1.82, 2.24) is 0 Å². The van der Waals surface area contributed by atoms with Gasteiger partial charge in [0.2, 0.25) is 0 Å². The number of nitrogens with zero attached hydrogens (tertiary/aromatic N) is 1. The normalized spacial score (nSPS) is 14.2. The number of hydrogen-bond acceptors (Lipinski definition) is 8. The quantitative estimate of drug-likeness (QED) is 0.0197. The van der Waals surface area contributed by atoms with Crippen molar-refractivity contribution in [2.75, 3.05) is 47.5 Å². The first-order valence-electron chi connectivity index (χ1n) is 22.6. The van der Waals surface area contributed by atoms with Crippen molar-refractivity contribution in [1.29, 1.82) is 0 Å². The van der Waals surface area contributed by atoms with Gasteiger partial charge in [0.1, 0.15) is 19.8 Å². The van der Waals surface area contributed by atoms with Gasteiger partial charge in [-0.1, -0.05) is 157 Å². The maximum Gasteiger partial charge on any atom is 0.306 e. The van der Waals surface area contributed by atoms with Gasteiger partial charge in [-0.3, -0.25) is 14.2 Å². The molecule has 0 aliphatic carbocycles. The molecule has 1 unspecified atom stereocenters. The number of esters is 2. The van der Waals surface area contributed by atoms with Crippen molar-refractivity contribution in [3.8, 4) is 0 Å². The Morgan fingerprint density at radius 3 is 1.55 bits per heavy atom. The number of quaternary nitrogens is 1. The van der Waals surface area contributed by atoms with E-state index >= 15 is 0 Å². The Hall–Kier alpha value is -2.55. The molecule has 0 amide bonds. The van der Waals surface area contributed by atoms with E-state index in [2.05, 4.69) is 80.7 Å². The molecule has 10 heteroatoms. The first-order valence-corrected chi connectivity index (χ1v) is 24.1. The van der Waals surface area contributed by atoms with Crippen LogP contribution in [0.15, 0.2) is 72.9 Å². The summed E-state index contributed by atoms with van der Waals surface area (Å²) in [7, 11) is 1.12. The highest BCUT2D eigenvalue weighted by Crippen LogP contribution is 2.38. The van der Waals surface area contributed by atoms with E-state index in [0.29, 0.717) is 23.9 Å². The molecular weight excluding hydrogens is 750 g/mol. The lowest BCUT2D eigenvalue weighted by Gasteiger charge is -2.28. The highest BCUT2D eigenvalue weighted by Gasteiger charge is 2.21. The Morgan fingerprint density at radius 1 is 0.552 bits per heavy atom. The van der Waals surface area contributed by atoms with Crippen LogP contribution in [0.2, 0.25) is 0 Å². The number of phosphoric acid groups is 1. The second-order valence-electron chi connectivity index (χ2n) is 16.0. The molecule has 0 aromatic heterocycles. The molecule has 0 aliphatic rings. The first kappa shape index (κ1) is 55.5. The van der Waals surface area contributed by atoms with Gasteiger partial charge in [0.25, 0.3) is 7.82 Å². The lowest BCUT2D eigenvalue weighted by atomic mass is 10.1. The minimum atomic E-state index is -4.65. The number of rotatable bonds is 40. The van der Waals surface area contributed by atoms with E-state index in [4.69, 9.17) is 18.5 Å². The Labute approximate surface area is 355 Å². The molecule has 0 N–H and O–H groups in total. The summed E-state index contributed by atoms with van der Waals surface area (Å²) in [6, 6.07) is 0. The number of hydrogen-bond donors (Lipinski definition) is 0. The predicted molar refractivity (Wildman–Crippen MR) is 240 cm³/mol. The largest absolute Gasteiger partial charge is 0.756 e. The van der Waals surface area contributed by atoms with Gasteiger partial charge in [0.05, 0.1) is 27.7 Å². The van der Waals surface area contributed by atoms with Gasteiger partial charge < -0.3 is 27.9 Å². The molecule has 0 rings (SSSR count). The van der Waals surface area contributed by atoms with E-state index in [1.54, 1.807) is 0 Å². The SMILES string of the molecule is CC/C=C/C/C=C/C/C=C/C/C=C/C/C=C/CCCCCC(=O)OC[C@H](COP(=O)([O-])OCC[N+](C)(C)C)OC(=O)CC/C=C/CCCCCCCCCCCCC. The molecule has 0 heterocycles. The lowest BCUT2D eigenvalue weighted by molar-refractivity contribution is -0.870. The summed E-state index contributed by atoms with van der Waals surface area (Å²) in [6.07, 6.45) is 49.4. The number of phosphoric ester groups is 1. The third-order valence-corrected chi connectivity index (χ3v) is 10.2. The van der Waals surface area contributed by atoms with Crippen molar-refractivity contribution in [3.63, 3.8) is 0 Å². The number of likely N-dealkylation sites (N-methyl/N-ethyl adjacent to an activating group) is 1. The predicted octanol–water partition coefficient (Wildman–Crippen LogP) is 12.4. The molecule has 2 atom stereocenters. The molecule has 0 aromatic carbocycles. The number of ether oxygens (including phenoxy) is 2. The average molecular weight is 834 g/mol. The monoisotopic (exact) mass is 834 g/mol. The second kappa shape index (κ2) is 39.9. The Kier molecular flexibility index (Phi) is 38.1. The van der Waals surface area contributed by atoms with Crippen LogP contribution in [0.4, 0.5) is 0 Å². The minimum absolute atomic E-state index is 0.0453. The number of carbonyl (C=O) groups is 2. The molecular formula is C48H84NO8P. The lowest BCUT2D eigenvalue weighted by Crippen LogP contribution is -2.37. The molecule has 0 saturated carbocycles. The standard InChI is InChI=1S/C48H84NO8P/c1-6-8-10-12-14-16-18-20-22-23-24-25-27-28-30-32-34-36-38-40-47(50)54-44-46(45-56-58(52,53)55-43-42-49(3,4)5)57-48(51)41-39-37-35-33-31-29-26-21-19-17-15-13-11-9-7-2/h8,10,14,16,20,22,24-25,28,30,35,37,46H,6-7,9,11-13,15,17-19,21,23,26-27,29,31-34,36,38-45H2,1-5H3/b10-8+,16-14+,22-20+,25-24+,30-28+,37-35+/t46-/m1/s1. The van der Waals surface area contributed by atoms with Gasteiger partial charge in [0, 0.05) is 12.8 Å². The second-order valence-corrected chi connectivity index (χ2v) is 17.4. The fraction of sp³-hybridized carbons (Fsp3) is 0.708. The topological polar surface area (TPSA) is 111 Å². The summed E-state index contributed by atoms with van der Waals surface area (Å²) < 4.78 is 33.8. The fourth-order valence-corrected chi connectivity index (χ4v) is 6.43. The van der Waals surface area contributed by atoms with E-state index in [0.717, 1.165) is 64.2 Å². The summed E-state index contributed by atoms with van der Waals surface area (Å²) >= 11 is 0. The van der Waals surface area contributed by atoms with Crippen LogP contribution in [0.1, 0.15) is 168 Å². The van der Waals surface area contributed by atoms with E-state index in [-0.39, 0.29) is 26.1 Å². The minimum Gasteiger partial charge on any atom is -0.756 e. The first-order chi connectivity index (χ1) is 28.0. The molecule has 334 valence electrons. The van der Waals surface area contributed by atoms with E-state index in [9.17, 15) is 19.0 Å². The maximum absolute atomic E-state index is 12.7. The third-order valence-electron chi connectivity index (χ3n) is 9.22. The van der Waals surface area contributed by atoms with Crippen LogP contribution in [-0.2, 0) is 32.7 Å². The summed E-state index contributed by atoms with van der Waals surface area (Å²) in [5.74, 6) is -0.934. The van der Waals surface area contributed by atoms with Crippen LogP contribution >= 0.6 is 7.82 Å². The molecule has 58 heavy (non-hydrogen) atoms. The molecule has 9 nitrogen and oxygen atoms in total. The van der Waals surface area contributed by atoms with Gasteiger partial charge in [-0.25, -0.2) is 0 Å². The number of unbranched alkanes of at least 4 members (excludes halogenated alkanes) is 14. The van der Waals surface area contributed by atoms with Crippen molar-refractivity contribution >= 4 is 19.8 Å². The van der Waals surface area contributed by atoms with Crippen molar-refractivity contribution in [3.05, 3.63) is 72.9 Å². The molecule has 0 aromatic rings. The zero-order valence-corrected chi connectivity index (χ0v) is 38.4. The van der Waals surface area contributed by atoms with Crippen LogP contribution in [0.5, 0.6) is 0 Å². The highest BCUT2D eigenvalue weighted by molar-refractivity contribution is 7.45. The zero-order chi connectivity index (χ0) is 42.8. The molecule has 0 aliphatic heterocycles. The van der Waals surface area contributed by atoms with Gasteiger partial charge in [-0.2, -0.15) is 0 Å².